The molecule has 1 rings (SSSR count). The fourth-order valence-electron chi connectivity index (χ4n) is 1.05. The van der Waals surface area contributed by atoms with E-state index in [-0.39, 0.29) is 5.84 Å². The molecule has 0 saturated heterocycles. The highest BCUT2D eigenvalue weighted by atomic mass is 32.2. The number of nitrogens with two attached hydrogens (primary N) is 1. The van der Waals surface area contributed by atoms with Crippen LogP contribution in [0.25, 0.3) is 0 Å². The Balaban J connectivity index is 2.98. The number of benzene rings is 1. The van der Waals surface area contributed by atoms with Crippen LogP contribution >= 0.6 is 11.8 Å². The summed E-state index contributed by atoms with van der Waals surface area (Å²) in [6.07, 6.45) is 0. The van der Waals surface area contributed by atoms with Gasteiger partial charge in [-0.2, -0.15) is 0 Å². The Labute approximate surface area is 83.0 Å². The first-order valence-corrected chi connectivity index (χ1v) is 5.09. The second-order valence-electron chi connectivity index (χ2n) is 3.08. The lowest BCUT2D eigenvalue weighted by Gasteiger charge is -2.09. The predicted octanol–water partition coefficient (Wildman–Crippen LogP) is 2.47. The normalized spacial score (nSPS) is 10.4. The summed E-state index contributed by atoms with van der Waals surface area (Å²) in [5.41, 5.74) is 6.29. The molecule has 0 aliphatic heterocycles. The van der Waals surface area contributed by atoms with Crippen molar-refractivity contribution in [3.8, 4) is 0 Å². The molecule has 0 unspecified atom stereocenters. The summed E-state index contributed by atoms with van der Waals surface area (Å²) < 4.78 is 0. The van der Waals surface area contributed by atoms with E-state index in [4.69, 9.17) is 11.1 Å². The molecular weight excluding hydrogens is 180 g/mol. The molecule has 1 aromatic carbocycles. The third-order valence-electron chi connectivity index (χ3n) is 1.54. The van der Waals surface area contributed by atoms with E-state index >= 15 is 0 Å². The fourth-order valence-corrected chi connectivity index (χ4v) is 2.02. The summed E-state index contributed by atoms with van der Waals surface area (Å²) in [5, 5.41) is 7.90. The minimum atomic E-state index is 0.142. The Bertz CT molecular complexity index is 308. The van der Waals surface area contributed by atoms with Gasteiger partial charge < -0.3 is 5.73 Å². The quantitative estimate of drug-likeness (QED) is 0.441. The third-order valence-corrected chi connectivity index (χ3v) is 2.62. The number of thioether (sulfide) groups is 1. The molecule has 2 nitrogen and oxygen atoms in total. The molecule has 3 N–H and O–H groups in total. The number of amidine groups is 1. The van der Waals surface area contributed by atoms with E-state index in [1.54, 1.807) is 11.8 Å². The third kappa shape index (κ3) is 2.77. The van der Waals surface area contributed by atoms with Crippen LogP contribution < -0.4 is 5.73 Å². The van der Waals surface area contributed by atoms with Gasteiger partial charge in [0.1, 0.15) is 5.84 Å². The molecule has 0 bridgehead atoms. The van der Waals surface area contributed by atoms with Crippen molar-refractivity contribution in [1.82, 2.24) is 0 Å². The highest BCUT2D eigenvalue weighted by molar-refractivity contribution is 8.00. The van der Waals surface area contributed by atoms with Gasteiger partial charge in [-0.1, -0.05) is 32.0 Å². The largest absolute Gasteiger partial charge is 0.384 e. The van der Waals surface area contributed by atoms with E-state index in [0.717, 1.165) is 10.5 Å². The Morgan fingerprint density at radius 1 is 1.38 bits per heavy atom. The van der Waals surface area contributed by atoms with E-state index < -0.39 is 0 Å². The first kappa shape index (κ1) is 10.1. The van der Waals surface area contributed by atoms with Crippen LogP contribution in [0.15, 0.2) is 29.2 Å². The predicted molar refractivity (Wildman–Crippen MR) is 58.5 cm³/mol. The SMILES string of the molecule is CC(C)Sc1ccccc1C(=N)N. The van der Waals surface area contributed by atoms with E-state index in [9.17, 15) is 0 Å². The van der Waals surface area contributed by atoms with Crippen molar-refractivity contribution in [1.29, 1.82) is 5.41 Å². The molecule has 0 radical (unpaired) electrons. The monoisotopic (exact) mass is 194 g/mol. The van der Waals surface area contributed by atoms with Gasteiger partial charge in [-0.25, -0.2) is 0 Å². The molecule has 0 fully saturated rings. The molecular formula is C10H14N2S. The van der Waals surface area contributed by atoms with Crippen LogP contribution in [-0.2, 0) is 0 Å². The average molecular weight is 194 g/mol. The number of rotatable bonds is 3. The Hall–Kier alpha value is -0.960. The first-order chi connectivity index (χ1) is 6.11. The van der Waals surface area contributed by atoms with Gasteiger partial charge in [-0.05, 0) is 6.07 Å². The van der Waals surface area contributed by atoms with Gasteiger partial charge in [0.2, 0.25) is 0 Å². The highest BCUT2D eigenvalue weighted by Gasteiger charge is 2.05. The van der Waals surface area contributed by atoms with Crippen molar-refractivity contribution in [2.45, 2.75) is 24.0 Å². The molecule has 0 amide bonds. The second-order valence-corrected chi connectivity index (χ2v) is 4.69. The summed E-state index contributed by atoms with van der Waals surface area (Å²) in [5.74, 6) is 0.142. The second kappa shape index (κ2) is 4.33. The maximum absolute atomic E-state index is 7.38. The van der Waals surface area contributed by atoms with Crippen LogP contribution in [0.5, 0.6) is 0 Å². The van der Waals surface area contributed by atoms with Gasteiger partial charge in [0, 0.05) is 15.7 Å². The van der Waals surface area contributed by atoms with E-state index in [2.05, 4.69) is 13.8 Å². The molecule has 0 aliphatic carbocycles. The standard InChI is InChI=1S/C10H14N2S/c1-7(2)13-9-6-4-3-5-8(9)10(11)12/h3-7H,1-2H3,(H3,11,12). The zero-order chi connectivity index (χ0) is 9.84. The van der Waals surface area contributed by atoms with Gasteiger partial charge >= 0.3 is 0 Å². The Morgan fingerprint density at radius 2 is 2.00 bits per heavy atom. The summed E-state index contributed by atoms with van der Waals surface area (Å²) in [6, 6.07) is 7.76. The molecule has 0 heterocycles. The number of nitrogens with one attached hydrogen (secondary N) is 1. The highest BCUT2D eigenvalue weighted by Crippen LogP contribution is 2.25. The van der Waals surface area contributed by atoms with Crippen molar-refractivity contribution >= 4 is 17.6 Å². The minimum Gasteiger partial charge on any atom is -0.384 e. The molecule has 0 aromatic heterocycles. The number of nitrogen functional groups attached to an aromatic ring is 1. The molecule has 3 heteroatoms. The molecule has 0 saturated carbocycles. The van der Waals surface area contributed by atoms with Gasteiger partial charge in [-0.15, -0.1) is 11.8 Å². The molecule has 70 valence electrons. The summed E-state index contributed by atoms with van der Waals surface area (Å²) in [7, 11) is 0. The topological polar surface area (TPSA) is 49.9 Å². The van der Waals surface area contributed by atoms with E-state index in [0.29, 0.717) is 5.25 Å². The van der Waals surface area contributed by atoms with Gasteiger partial charge in [0.25, 0.3) is 0 Å². The van der Waals surface area contributed by atoms with Crippen LogP contribution in [-0.4, -0.2) is 11.1 Å². The summed E-state index contributed by atoms with van der Waals surface area (Å²) >= 11 is 1.73. The van der Waals surface area contributed by atoms with Crippen LogP contribution in [0.4, 0.5) is 0 Å². The Kier molecular flexibility index (Phi) is 3.37. The zero-order valence-electron chi connectivity index (χ0n) is 7.87. The lowest BCUT2D eigenvalue weighted by Crippen LogP contribution is -2.12. The van der Waals surface area contributed by atoms with Crippen LogP contribution in [0, 0.1) is 5.41 Å². The van der Waals surface area contributed by atoms with Crippen LogP contribution in [0.2, 0.25) is 0 Å². The lowest BCUT2D eigenvalue weighted by molar-refractivity contribution is 1.11. The maximum Gasteiger partial charge on any atom is 0.123 e. The van der Waals surface area contributed by atoms with Crippen molar-refractivity contribution in [3.05, 3.63) is 29.8 Å². The molecule has 1 aromatic rings. The van der Waals surface area contributed by atoms with Crippen LogP contribution in [0.1, 0.15) is 19.4 Å². The van der Waals surface area contributed by atoms with Crippen LogP contribution in [0.3, 0.4) is 0 Å². The van der Waals surface area contributed by atoms with Gasteiger partial charge in [-0.3, -0.25) is 5.41 Å². The molecule has 0 aliphatic rings. The maximum atomic E-state index is 7.38. The average Bonchev–Trinajstić information content (AvgIpc) is 2.03. The first-order valence-electron chi connectivity index (χ1n) is 4.21. The number of hydrogen-bond donors (Lipinski definition) is 2. The van der Waals surface area contributed by atoms with Gasteiger partial charge in [0.15, 0.2) is 0 Å². The summed E-state index contributed by atoms with van der Waals surface area (Å²) in [4.78, 5) is 1.09. The van der Waals surface area contributed by atoms with Crippen molar-refractivity contribution in [2.75, 3.05) is 0 Å². The summed E-state index contributed by atoms with van der Waals surface area (Å²) in [6.45, 7) is 4.25. The molecule has 0 spiro atoms. The van der Waals surface area contributed by atoms with E-state index in [1.807, 2.05) is 24.3 Å². The minimum absolute atomic E-state index is 0.142. The molecule has 0 atom stereocenters. The Morgan fingerprint density at radius 3 is 2.54 bits per heavy atom. The number of hydrogen-bond acceptors (Lipinski definition) is 2. The zero-order valence-corrected chi connectivity index (χ0v) is 8.69. The van der Waals surface area contributed by atoms with Crippen molar-refractivity contribution < 1.29 is 0 Å². The molecule has 13 heavy (non-hydrogen) atoms. The van der Waals surface area contributed by atoms with E-state index in [1.165, 1.54) is 0 Å². The fraction of sp³-hybridized carbons (Fsp3) is 0.300. The van der Waals surface area contributed by atoms with Crippen molar-refractivity contribution in [2.24, 2.45) is 5.73 Å². The van der Waals surface area contributed by atoms with Gasteiger partial charge in [0.05, 0.1) is 0 Å². The lowest BCUT2D eigenvalue weighted by atomic mass is 10.2. The van der Waals surface area contributed by atoms with Crippen molar-refractivity contribution in [3.63, 3.8) is 0 Å². The smallest absolute Gasteiger partial charge is 0.123 e.